The molecular formula is C36H50N12Na2O14S2. The Bertz CT molecular complexity index is 2100. The van der Waals surface area contributed by atoms with Crippen LogP contribution in [0.2, 0.25) is 0 Å². The first kappa shape index (κ1) is 58.6. The molecule has 10 N–H and O–H groups in total. The second-order valence-corrected chi connectivity index (χ2v) is 15.4. The fraction of sp³-hybridized carbons (Fsp3) is 0.444. The van der Waals surface area contributed by atoms with Crippen LogP contribution in [0, 0.1) is 0 Å². The van der Waals surface area contributed by atoms with E-state index in [1.54, 1.807) is 0 Å². The van der Waals surface area contributed by atoms with Gasteiger partial charge in [0.05, 0.1) is 89.1 Å². The number of aliphatic hydroxyl groups is 4. The summed E-state index contributed by atoms with van der Waals surface area (Å²) in [5.41, 5.74) is -0.134. The molecule has 2 aromatic heterocycles. The molecular weight excluding hydrogens is 935 g/mol. The SMILES string of the molecule is O=S(=O)([O-])c1cc(Nc2nc(NCCOCCO)nc(NCCOCCO)n2)ccc1/C=C/c1ccc(Nc2nc(NCCOCCO)nc(NCCOCCO)n2)cc1S(=O)(=O)[O-].[Na+].[Na+]. The van der Waals surface area contributed by atoms with Crippen molar-refractivity contribution in [3.05, 3.63) is 47.5 Å². The molecule has 0 saturated heterocycles. The molecule has 0 saturated carbocycles. The molecule has 0 aliphatic heterocycles. The van der Waals surface area contributed by atoms with Gasteiger partial charge in [-0.2, -0.15) is 29.9 Å². The van der Waals surface area contributed by atoms with Crippen LogP contribution in [0.25, 0.3) is 12.2 Å². The third-order valence-corrected chi connectivity index (χ3v) is 9.64. The first-order chi connectivity index (χ1) is 30.8. The summed E-state index contributed by atoms with van der Waals surface area (Å²) in [6.07, 6.45) is 2.32. The summed E-state index contributed by atoms with van der Waals surface area (Å²) < 4.78 is 96.1. The molecule has 26 nitrogen and oxygen atoms in total. The molecule has 30 heteroatoms. The van der Waals surface area contributed by atoms with E-state index in [9.17, 15) is 25.9 Å². The van der Waals surface area contributed by atoms with Crippen molar-refractivity contribution in [1.29, 1.82) is 0 Å². The average Bonchev–Trinajstić information content (AvgIpc) is 3.25. The van der Waals surface area contributed by atoms with E-state index in [1.165, 1.54) is 24.3 Å². The Kier molecular flexibility index (Phi) is 28.0. The normalized spacial score (nSPS) is 11.4. The largest absolute Gasteiger partial charge is 1.00 e. The van der Waals surface area contributed by atoms with Crippen molar-refractivity contribution in [3.8, 4) is 0 Å². The molecule has 0 amide bonds. The summed E-state index contributed by atoms with van der Waals surface area (Å²) >= 11 is 0. The van der Waals surface area contributed by atoms with Crippen molar-refractivity contribution in [1.82, 2.24) is 29.9 Å². The third kappa shape index (κ3) is 21.6. The summed E-state index contributed by atoms with van der Waals surface area (Å²) in [5, 5.41) is 53.2. The monoisotopic (exact) mass is 984 g/mol. The van der Waals surface area contributed by atoms with Crippen molar-refractivity contribution in [3.63, 3.8) is 0 Å². The van der Waals surface area contributed by atoms with Crippen LogP contribution in [0.4, 0.5) is 47.1 Å². The van der Waals surface area contributed by atoms with E-state index in [2.05, 4.69) is 61.8 Å². The van der Waals surface area contributed by atoms with Crippen LogP contribution in [0.15, 0.2) is 46.2 Å². The zero-order chi connectivity index (χ0) is 46.2. The molecule has 0 atom stereocenters. The molecule has 4 rings (SSSR count). The van der Waals surface area contributed by atoms with Gasteiger partial charge in [0.1, 0.15) is 20.2 Å². The standard InChI is InChI=1S/C36H52N12O14S2.2Na/c49-11-19-59-15-7-37-31-43-32(38-8-16-60-20-12-50)46-35(45-31)41-27-5-3-25(29(23-27)63(53,54)55)1-2-26-4-6-28(24-30(26)64(56,57)58)42-36-47-33(39-9-17-61-21-13-51)44-34(48-36)40-10-18-62-22-14-52;;/h1-6,23-24,49-52H,7-22H2,(H,53,54,55)(H,56,57,58)(H3,37,38,41,43,45,46)(H3,39,40,42,44,47,48);;/q;2*+1/p-2/b2-1+;;. The maximum atomic E-state index is 12.5. The number of nitrogens with zero attached hydrogens (tertiary/aromatic N) is 6. The second-order valence-electron chi connectivity index (χ2n) is 12.7. The number of aromatic nitrogens is 6. The van der Waals surface area contributed by atoms with Crippen molar-refractivity contribution in [2.75, 3.05) is 137 Å². The smallest absolute Gasteiger partial charge is 0.744 e. The Morgan fingerprint density at radius 1 is 0.455 bits per heavy atom. The zero-order valence-electron chi connectivity index (χ0n) is 36.3. The van der Waals surface area contributed by atoms with Gasteiger partial charge in [-0.3, -0.25) is 0 Å². The first-order valence-corrected chi connectivity index (χ1v) is 22.3. The van der Waals surface area contributed by atoms with Crippen LogP contribution in [0.3, 0.4) is 0 Å². The van der Waals surface area contributed by atoms with Gasteiger partial charge in [0.2, 0.25) is 35.7 Å². The van der Waals surface area contributed by atoms with Crippen molar-refractivity contribution < 1.29 is 124 Å². The number of rotatable bonds is 32. The summed E-state index contributed by atoms with van der Waals surface area (Å²) in [5.74, 6) is 0.251. The fourth-order valence-corrected chi connectivity index (χ4v) is 6.55. The molecule has 0 aliphatic carbocycles. The quantitative estimate of drug-likeness (QED) is 0.00941. The Morgan fingerprint density at radius 2 is 0.727 bits per heavy atom. The van der Waals surface area contributed by atoms with Gasteiger partial charge in [0.25, 0.3) is 0 Å². The Balaban J connectivity index is 0.00000748. The van der Waals surface area contributed by atoms with E-state index in [-0.39, 0.29) is 223 Å². The van der Waals surface area contributed by atoms with Crippen LogP contribution >= 0.6 is 0 Å². The van der Waals surface area contributed by atoms with Crippen molar-refractivity contribution >= 4 is 79.5 Å². The van der Waals surface area contributed by atoms with Gasteiger partial charge in [0, 0.05) is 37.6 Å². The van der Waals surface area contributed by atoms with Crippen LogP contribution in [0.5, 0.6) is 0 Å². The molecule has 352 valence electrons. The first-order valence-electron chi connectivity index (χ1n) is 19.5. The van der Waals surface area contributed by atoms with Crippen LogP contribution in [-0.2, 0) is 39.2 Å². The van der Waals surface area contributed by atoms with E-state index >= 15 is 0 Å². The van der Waals surface area contributed by atoms with E-state index < -0.39 is 30.0 Å². The molecule has 0 fully saturated rings. The van der Waals surface area contributed by atoms with Crippen LogP contribution in [-0.4, -0.2) is 182 Å². The Hall–Kier alpha value is -3.50. The molecule has 0 radical (unpaired) electrons. The maximum absolute atomic E-state index is 12.5. The van der Waals surface area contributed by atoms with Gasteiger partial charge in [0.15, 0.2) is 0 Å². The zero-order valence-corrected chi connectivity index (χ0v) is 41.9. The number of ether oxygens (including phenoxy) is 4. The minimum absolute atomic E-state index is 0. The Morgan fingerprint density at radius 3 is 0.985 bits per heavy atom. The van der Waals surface area contributed by atoms with E-state index in [0.29, 0.717) is 0 Å². The molecule has 66 heavy (non-hydrogen) atoms. The average molecular weight is 985 g/mol. The minimum atomic E-state index is -5.15. The molecule has 0 aliphatic rings. The van der Waals surface area contributed by atoms with Gasteiger partial charge >= 0.3 is 59.1 Å². The topological polar surface area (TPSA) is 382 Å². The molecule has 0 spiro atoms. The number of hydrogen-bond acceptors (Lipinski definition) is 26. The molecule has 0 unspecified atom stereocenters. The van der Waals surface area contributed by atoms with Crippen LogP contribution < -0.4 is 91.0 Å². The van der Waals surface area contributed by atoms with Gasteiger partial charge in [-0.25, -0.2) is 16.8 Å². The predicted octanol–water partition coefficient (Wildman–Crippen LogP) is -6.79. The summed E-state index contributed by atoms with van der Waals surface area (Å²) in [6, 6.07) is 7.43. The van der Waals surface area contributed by atoms with Crippen molar-refractivity contribution in [2.45, 2.75) is 9.79 Å². The minimum Gasteiger partial charge on any atom is -0.744 e. The van der Waals surface area contributed by atoms with Gasteiger partial charge in [-0.05, 0) is 35.4 Å². The van der Waals surface area contributed by atoms with Gasteiger partial charge in [-0.15, -0.1) is 0 Å². The van der Waals surface area contributed by atoms with E-state index in [4.69, 9.17) is 39.4 Å². The summed E-state index contributed by atoms with van der Waals surface area (Å²) in [4.78, 5) is 24.3. The molecule has 2 aromatic carbocycles. The number of hydrogen-bond donors (Lipinski definition) is 10. The molecule has 0 bridgehead atoms. The van der Waals surface area contributed by atoms with Crippen LogP contribution in [0.1, 0.15) is 11.1 Å². The molecule has 4 aromatic rings. The fourth-order valence-electron chi connectivity index (χ4n) is 5.16. The predicted molar refractivity (Wildman–Crippen MR) is 230 cm³/mol. The molecule has 2 heterocycles. The number of nitrogens with one attached hydrogen (secondary N) is 6. The summed E-state index contributed by atoms with van der Waals surface area (Å²) in [7, 11) is -10.3. The van der Waals surface area contributed by atoms with Gasteiger partial charge in [-0.1, -0.05) is 24.3 Å². The van der Waals surface area contributed by atoms with E-state index in [0.717, 1.165) is 24.3 Å². The number of benzene rings is 2. The Labute approximate surface area is 425 Å². The summed E-state index contributed by atoms with van der Waals surface area (Å²) in [6.45, 7) is 1.75. The third-order valence-electron chi connectivity index (χ3n) is 7.85. The maximum Gasteiger partial charge on any atom is 1.00 e. The van der Waals surface area contributed by atoms with E-state index in [1.807, 2.05) is 0 Å². The van der Waals surface area contributed by atoms with Crippen molar-refractivity contribution in [2.24, 2.45) is 0 Å². The number of aliphatic hydroxyl groups excluding tert-OH is 4. The second kappa shape index (κ2) is 31.5. The number of anilines is 8. The van der Waals surface area contributed by atoms with Gasteiger partial charge < -0.3 is 80.4 Å².